The van der Waals surface area contributed by atoms with E-state index < -0.39 is 0 Å². The maximum atomic E-state index is 4.42. The van der Waals surface area contributed by atoms with Crippen molar-refractivity contribution in [3.8, 4) is 22.3 Å². The van der Waals surface area contributed by atoms with Gasteiger partial charge in [0.05, 0.1) is 6.54 Å². The predicted molar refractivity (Wildman–Crippen MR) is 244 cm³/mol. The van der Waals surface area contributed by atoms with Crippen LogP contribution in [0.3, 0.4) is 0 Å². The fourth-order valence-electron chi connectivity index (χ4n) is 8.31. The lowest BCUT2D eigenvalue weighted by atomic mass is 9.82. The molecule has 0 saturated carbocycles. The quantitative estimate of drug-likeness (QED) is 0.0962. The summed E-state index contributed by atoms with van der Waals surface area (Å²) in [7, 11) is 0. The van der Waals surface area contributed by atoms with Gasteiger partial charge in [0, 0.05) is 17.5 Å². The standard InChI is InChI=1S/C26H20.C19H20N2.C8H9N/c1-17-15-16-19-9-3-4-11-21(19)25(17)26-18(2)20-10-5-6-12-22(20)23-13-7-8-14-24(23)26;1-5-21-18(20-4)13-10-11-17-15(12-13)14-8-6-7-9-16(14)19(17,2)3;1-9-7-8-5-3-2-4-6-8/h3-16H,1-2H3;6-12H,4-5H2,1-3H3;2-6H,1,7H2. The van der Waals surface area contributed by atoms with Gasteiger partial charge in [-0.1, -0.05) is 166 Å². The molecule has 56 heavy (non-hydrogen) atoms. The minimum Gasteiger partial charge on any atom is -0.296 e. The smallest absolute Gasteiger partial charge is 0.153 e. The molecule has 0 spiro atoms. The van der Waals surface area contributed by atoms with Crippen LogP contribution in [0.1, 0.15) is 54.2 Å². The summed E-state index contributed by atoms with van der Waals surface area (Å²) in [5.74, 6) is 0.725. The Hall–Kier alpha value is -6.45. The van der Waals surface area contributed by atoms with Crippen molar-refractivity contribution in [3.05, 3.63) is 191 Å². The minimum atomic E-state index is 0.0497. The Morgan fingerprint density at radius 1 is 0.554 bits per heavy atom. The first-order valence-corrected chi connectivity index (χ1v) is 19.4. The summed E-state index contributed by atoms with van der Waals surface area (Å²) in [6.07, 6.45) is 0. The zero-order chi connectivity index (χ0) is 39.2. The second kappa shape index (κ2) is 16.5. The zero-order valence-electron chi connectivity index (χ0n) is 33.2. The maximum absolute atomic E-state index is 4.42. The molecule has 1 aliphatic carbocycles. The highest BCUT2D eigenvalue weighted by Gasteiger charge is 2.35. The third-order valence-corrected chi connectivity index (χ3v) is 11.0. The van der Waals surface area contributed by atoms with Crippen molar-refractivity contribution in [3.63, 3.8) is 0 Å². The van der Waals surface area contributed by atoms with Gasteiger partial charge in [0.15, 0.2) is 5.84 Å². The Morgan fingerprint density at radius 3 is 1.84 bits per heavy atom. The number of benzene rings is 8. The highest BCUT2D eigenvalue weighted by molar-refractivity contribution is 6.18. The van der Waals surface area contributed by atoms with Crippen LogP contribution < -0.4 is 0 Å². The summed E-state index contributed by atoms with van der Waals surface area (Å²) in [5.41, 5.74) is 13.1. The van der Waals surface area contributed by atoms with E-state index >= 15 is 0 Å². The molecule has 0 unspecified atom stereocenters. The molecule has 8 aromatic carbocycles. The molecule has 9 rings (SSSR count). The number of aliphatic imine (C=N–C) groups is 3. The average Bonchev–Trinajstić information content (AvgIpc) is 3.47. The Morgan fingerprint density at radius 2 is 1.14 bits per heavy atom. The topological polar surface area (TPSA) is 37.1 Å². The molecule has 1 aliphatic rings. The molecule has 0 saturated heterocycles. The van der Waals surface area contributed by atoms with Crippen molar-refractivity contribution in [2.75, 3.05) is 6.54 Å². The fraction of sp³-hybridized carbons (Fsp3) is 0.151. The predicted octanol–water partition coefficient (Wildman–Crippen LogP) is 13.8. The number of nitrogens with zero attached hydrogens (tertiary/aromatic N) is 3. The molecule has 0 aromatic heterocycles. The first-order valence-electron chi connectivity index (χ1n) is 19.4. The van der Waals surface area contributed by atoms with E-state index in [1.165, 1.54) is 82.4 Å². The molecular formula is C53H49N3. The summed E-state index contributed by atoms with van der Waals surface area (Å²) in [5, 5.41) is 7.97. The Bertz CT molecular complexity index is 2740. The summed E-state index contributed by atoms with van der Waals surface area (Å²) >= 11 is 0. The van der Waals surface area contributed by atoms with Gasteiger partial charge >= 0.3 is 0 Å². The summed E-state index contributed by atoms with van der Waals surface area (Å²) in [6, 6.07) is 56.0. The highest BCUT2D eigenvalue weighted by atomic mass is 14.9. The maximum Gasteiger partial charge on any atom is 0.153 e. The molecule has 0 fully saturated rings. The van der Waals surface area contributed by atoms with Crippen LogP contribution in [0.15, 0.2) is 173 Å². The molecular weight excluding hydrogens is 679 g/mol. The minimum absolute atomic E-state index is 0.0497. The van der Waals surface area contributed by atoms with Crippen molar-refractivity contribution in [2.24, 2.45) is 15.0 Å². The van der Waals surface area contributed by atoms with Gasteiger partial charge in [-0.3, -0.25) is 9.98 Å². The van der Waals surface area contributed by atoms with Gasteiger partial charge in [-0.25, -0.2) is 4.99 Å². The normalized spacial score (nSPS) is 12.6. The first-order chi connectivity index (χ1) is 27.3. The van der Waals surface area contributed by atoms with E-state index in [4.69, 9.17) is 0 Å². The lowest BCUT2D eigenvalue weighted by molar-refractivity contribution is 0.660. The third-order valence-electron chi connectivity index (χ3n) is 11.0. The van der Waals surface area contributed by atoms with Gasteiger partial charge in [0.25, 0.3) is 0 Å². The largest absolute Gasteiger partial charge is 0.296 e. The van der Waals surface area contributed by atoms with E-state index in [2.05, 4.69) is 184 Å². The molecule has 8 aromatic rings. The second-order valence-corrected chi connectivity index (χ2v) is 14.8. The van der Waals surface area contributed by atoms with Gasteiger partial charge in [-0.05, 0) is 123 Å². The molecule has 3 heteroatoms. The van der Waals surface area contributed by atoms with E-state index in [0.29, 0.717) is 6.54 Å². The average molecular weight is 728 g/mol. The van der Waals surface area contributed by atoms with Gasteiger partial charge < -0.3 is 0 Å². The highest BCUT2D eigenvalue weighted by Crippen LogP contribution is 2.49. The molecule has 276 valence electrons. The van der Waals surface area contributed by atoms with Gasteiger partial charge in [0.1, 0.15) is 0 Å². The van der Waals surface area contributed by atoms with Crippen LogP contribution in [0.25, 0.3) is 54.6 Å². The summed E-state index contributed by atoms with van der Waals surface area (Å²) in [4.78, 5) is 12.2. The Balaban J connectivity index is 0.000000143. The van der Waals surface area contributed by atoms with Crippen LogP contribution in [-0.4, -0.2) is 25.8 Å². The molecule has 0 N–H and O–H groups in total. The van der Waals surface area contributed by atoms with Gasteiger partial charge in [-0.15, -0.1) is 0 Å². The molecule has 0 atom stereocenters. The third kappa shape index (κ3) is 7.21. The van der Waals surface area contributed by atoms with E-state index in [9.17, 15) is 0 Å². The monoisotopic (exact) mass is 727 g/mol. The Kier molecular flexibility index (Phi) is 11.2. The number of hydrogen-bond donors (Lipinski definition) is 0. The van der Waals surface area contributed by atoms with E-state index in [0.717, 1.165) is 17.9 Å². The van der Waals surface area contributed by atoms with Crippen molar-refractivity contribution < 1.29 is 0 Å². The molecule has 0 heterocycles. The van der Waals surface area contributed by atoms with Crippen LogP contribution in [0.4, 0.5) is 0 Å². The van der Waals surface area contributed by atoms with Crippen molar-refractivity contribution in [1.82, 2.24) is 0 Å². The van der Waals surface area contributed by atoms with E-state index in [-0.39, 0.29) is 5.41 Å². The van der Waals surface area contributed by atoms with Crippen molar-refractivity contribution in [2.45, 2.75) is 46.6 Å². The first kappa shape index (κ1) is 37.8. The van der Waals surface area contributed by atoms with Crippen LogP contribution in [0.5, 0.6) is 0 Å². The molecule has 0 aliphatic heterocycles. The fourth-order valence-corrected chi connectivity index (χ4v) is 8.31. The number of hydrogen-bond acceptors (Lipinski definition) is 2. The SMILES string of the molecule is C=NC(=NCC)c1ccc2c(c1)-c1ccccc1C2(C)C.C=NCc1ccccc1.Cc1ccc2ccccc2c1-c1c(C)c2ccccc2c2ccccc12. The molecule has 3 nitrogen and oxygen atoms in total. The molecule has 0 bridgehead atoms. The lowest BCUT2D eigenvalue weighted by Crippen LogP contribution is -2.14. The number of fused-ring (bicyclic) bond motifs is 7. The molecule has 0 radical (unpaired) electrons. The number of rotatable bonds is 5. The van der Waals surface area contributed by atoms with E-state index in [1.54, 1.807) is 0 Å². The van der Waals surface area contributed by atoms with Crippen molar-refractivity contribution >= 4 is 51.6 Å². The van der Waals surface area contributed by atoms with Crippen LogP contribution in [-0.2, 0) is 12.0 Å². The van der Waals surface area contributed by atoms with E-state index in [1.807, 2.05) is 37.3 Å². The van der Waals surface area contributed by atoms with Crippen LogP contribution >= 0.6 is 0 Å². The molecule has 0 amide bonds. The lowest BCUT2D eigenvalue weighted by Gasteiger charge is -2.21. The Labute approximate surface area is 331 Å². The summed E-state index contributed by atoms with van der Waals surface area (Å²) < 4.78 is 0. The van der Waals surface area contributed by atoms with Crippen molar-refractivity contribution in [1.29, 1.82) is 0 Å². The summed E-state index contributed by atoms with van der Waals surface area (Å²) in [6.45, 7) is 19.6. The van der Waals surface area contributed by atoms with Gasteiger partial charge in [-0.2, -0.15) is 0 Å². The van der Waals surface area contributed by atoms with Gasteiger partial charge in [0.2, 0.25) is 0 Å². The number of aryl methyl sites for hydroxylation is 2. The number of amidine groups is 1. The second-order valence-electron chi connectivity index (χ2n) is 14.8. The van der Waals surface area contributed by atoms with Crippen LogP contribution in [0.2, 0.25) is 0 Å². The zero-order valence-corrected chi connectivity index (χ0v) is 33.2. The van der Waals surface area contributed by atoms with Crippen LogP contribution in [0, 0.1) is 13.8 Å².